The normalized spacial score (nSPS) is 20.2. The molecule has 17 heavy (non-hydrogen) atoms. The molecule has 1 aliphatic carbocycles. The third-order valence-electron chi connectivity index (χ3n) is 3.46. The van der Waals surface area contributed by atoms with Crippen molar-refractivity contribution in [2.45, 2.75) is 38.2 Å². The van der Waals surface area contributed by atoms with Gasteiger partial charge in [0.15, 0.2) is 0 Å². The average molecular weight is 300 g/mol. The zero-order valence-corrected chi connectivity index (χ0v) is 11.6. The first-order valence-corrected chi connectivity index (χ1v) is 6.81. The van der Waals surface area contributed by atoms with Gasteiger partial charge in [0.2, 0.25) is 5.95 Å². The standard InChI is InChI=1S/C12H18BrN3O/c1-12(17,9-4-2-3-5-9)8-16-11-14-6-10(13)7-15-11/h6-7,9,17H,2-5,8H2,1H3,(H,14,15,16)/t12-/m1/s1. The van der Waals surface area contributed by atoms with Crippen molar-refractivity contribution < 1.29 is 5.11 Å². The van der Waals surface area contributed by atoms with E-state index in [4.69, 9.17) is 0 Å². The lowest BCUT2D eigenvalue weighted by molar-refractivity contribution is 0.0141. The molecule has 1 atom stereocenters. The molecular formula is C12H18BrN3O. The van der Waals surface area contributed by atoms with Crippen LogP contribution in [-0.4, -0.2) is 27.2 Å². The molecule has 0 aromatic carbocycles. The fourth-order valence-electron chi connectivity index (χ4n) is 2.35. The Bertz CT molecular complexity index is 361. The van der Waals surface area contributed by atoms with Gasteiger partial charge >= 0.3 is 0 Å². The maximum Gasteiger partial charge on any atom is 0.222 e. The number of rotatable bonds is 4. The summed E-state index contributed by atoms with van der Waals surface area (Å²) in [5.41, 5.74) is -0.674. The molecule has 0 bridgehead atoms. The lowest BCUT2D eigenvalue weighted by atomic mass is 9.88. The molecule has 0 unspecified atom stereocenters. The maximum atomic E-state index is 10.4. The molecule has 0 amide bonds. The van der Waals surface area contributed by atoms with Crippen molar-refractivity contribution in [2.75, 3.05) is 11.9 Å². The Morgan fingerprint density at radius 2 is 2.00 bits per heavy atom. The van der Waals surface area contributed by atoms with Gasteiger partial charge in [-0.2, -0.15) is 0 Å². The maximum absolute atomic E-state index is 10.4. The van der Waals surface area contributed by atoms with Crippen LogP contribution in [0.4, 0.5) is 5.95 Å². The van der Waals surface area contributed by atoms with Crippen LogP contribution in [0, 0.1) is 5.92 Å². The minimum Gasteiger partial charge on any atom is -0.388 e. The number of hydrogen-bond donors (Lipinski definition) is 2. The summed E-state index contributed by atoms with van der Waals surface area (Å²) < 4.78 is 0.852. The smallest absolute Gasteiger partial charge is 0.222 e. The molecule has 4 nitrogen and oxygen atoms in total. The van der Waals surface area contributed by atoms with Gasteiger partial charge in [0, 0.05) is 18.9 Å². The van der Waals surface area contributed by atoms with E-state index >= 15 is 0 Å². The van der Waals surface area contributed by atoms with Crippen molar-refractivity contribution in [1.29, 1.82) is 0 Å². The van der Waals surface area contributed by atoms with Crippen LogP contribution < -0.4 is 5.32 Å². The van der Waals surface area contributed by atoms with E-state index in [1.165, 1.54) is 12.8 Å². The Labute approximate surface area is 110 Å². The zero-order chi connectivity index (χ0) is 12.3. The average Bonchev–Trinajstić information content (AvgIpc) is 2.82. The number of aliphatic hydroxyl groups is 1. The molecule has 1 heterocycles. The second-order valence-electron chi connectivity index (χ2n) is 4.92. The highest BCUT2D eigenvalue weighted by Crippen LogP contribution is 2.33. The summed E-state index contributed by atoms with van der Waals surface area (Å²) in [5, 5.41) is 13.5. The van der Waals surface area contributed by atoms with E-state index in [1.54, 1.807) is 12.4 Å². The second kappa shape index (κ2) is 5.31. The summed E-state index contributed by atoms with van der Waals surface area (Å²) in [6.45, 7) is 2.40. The van der Waals surface area contributed by atoms with Crippen LogP contribution in [0.5, 0.6) is 0 Å². The van der Waals surface area contributed by atoms with Gasteiger partial charge in [-0.25, -0.2) is 9.97 Å². The first-order valence-electron chi connectivity index (χ1n) is 6.02. The van der Waals surface area contributed by atoms with Gasteiger partial charge in [-0.3, -0.25) is 0 Å². The van der Waals surface area contributed by atoms with Crippen LogP contribution in [0.15, 0.2) is 16.9 Å². The lowest BCUT2D eigenvalue weighted by Crippen LogP contribution is -2.40. The van der Waals surface area contributed by atoms with Crippen molar-refractivity contribution >= 4 is 21.9 Å². The van der Waals surface area contributed by atoms with Crippen LogP contribution in [0.1, 0.15) is 32.6 Å². The number of aromatic nitrogens is 2. The summed E-state index contributed by atoms with van der Waals surface area (Å²) in [6, 6.07) is 0. The summed E-state index contributed by atoms with van der Waals surface area (Å²) >= 11 is 3.29. The Morgan fingerprint density at radius 3 is 2.59 bits per heavy atom. The van der Waals surface area contributed by atoms with Crippen LogP contribution in [-0.2, 0) is 0 Å². The van der Waals surface area contributed by atoms with Crippen LogP contribution in [0.3, 0.4) is 0 Å². The van der Waals surface area contributed by atoms with Gasteiger partial charge in [-0.1, -0.05) is 12.8 Å². The number of halogens is 1. The Morgan fingerprint density at radius 1 is 1.41 bits per heavy atom. The number of anilines is 1. The topological polar surface area (TPSA) is 58.0 Å². The molecule has 5 heteroatoms. The van der Waals surface area contributed by atoms with E-state index in [9.17, 15) is 5.11 Å². The third-order valence-corrected chi connectivity index (χ3v) is 3.87. The molecule has 1 aromatic heterocycles. The quantitative estimate of drug-likeness (QED) is 0.897. The number of nitrogens with zero attached hydrogens (tertiary/aromatic N) is 2. The van der Waals surface area contributed by atoms with Crippen molar-refractivity contribution in [3.8, 4) is 0 Å². The van der Waals surface area contributed by atoms with Crippen molar-refractivity contribution in [3.05, 3.63) is 16.9 Å². The molecule has 0 radical (unpaired) electrons. The van der Waals surface area contributed by atoms with Gasteiger partial charge in [0.1, 0.15) is 0 Å². The predicted octanol–water partition coefficient (Wildman–Crippen LogP) is 2.59. The van der Waals surface area contributed by atoms with Gasteiger partial charge in [-0.05, 0) is 41.6 Å². The van der Waals surface area contributed by atoms with E-state index in [1.807, 2.05) is 6.92 Å². The fraction of sp³-hybridized carbons (Fsp3) is 0.667. The number of hydrogen-bond acceptors (Lipinski definition) is 4. The fourth-order valence-corrected chi connectivity index (χ4v) is 2.56. The highest BCUT2D eigenvalue weighted by atomic mass is 79.9. The van der Waals surface area contributed by atoms with Crippen molar-refractivity contribution in [1.82, 2.24) is 9.97 Å². The second-order valence-corrected chi connectivity index (χ2v) is 5.83. The molecule has 0 aliphatic heterocycles. The van der Waals surface area contributed by atoms with Crippen LogP contribution >= 0.6 is 15.9 Å². The Kier molecular flexibility index (Phi) is 3.99. The van der Waals surface area contributed by atoms with Crippen LogP contribution in [0.2, 0.25) is 0 Å². The highest BCUT2D eigenvalue weighted by molar-refractivity contribution is 9.10. The van der Waals surface area contributed by atoms with Crippen LogP contribution in [0.25, 0.3) is 0 Å². The molecule has 1 fully saturated rings. The number of nitrogens with one attached hydrogen (secondary N) is 1. The van der Waals surface area contributed by atoms with Crippen molar-refractivity contribution in [2.24, 2.45) is 5.92 Å². The predicted molar refractivity (Wildman–Crippen MR) is 70.8 cm³/mol. The molecular weight excluding hydrogens is 282 g/mol. The molecule has 94 valence electrons. The van der Waals surface area contributed by atoms with E-state index < -0.39 is 5.60 Å². The molecule has 0 spiro atoms. The van der Waals surface area contributed by atoms with E-state index in [0.29, 0.717) is 18.4 Å². The molecule has 0 saturated heterocycles. The van der Waals surface area contributed by atoms with E-state index in [0.717, 1.165) is 17.3 Å². The first kappa shape index (κ1) is 12.8. The molecule has 1 aromatic rings. The van der Waals surface area contributed by atoms with Gasteiger partial charge in [0.05, 0.1) is 10.1 Å². The van der Waals surface area contributed by atoms with E-state index in [-0.39, 0.29) is 0 Å². The Hall–Kier alpha value is -0.680. The zero-order valence-electron chi connectivity index (χ0n) is 9.99. The molecule has 1 aliphatic rings. The monoisotopic (exact) mass is 299 g/mol. The third kappa shape index (κ3) is 3.39. The Balaban J connectivity index is 1.90. The minimum atomic E-state index is -0.674. The van der Waals surface area contributed by atoms with E-state index in [2.05, 4.69) is 31.2 Å². The summed E-state index contributed by atoms with van der Waals surface area (Å²) in [7, 11) is 0. The van der Waals surface area contributed by atoms with Gasteiger partial charge in [0.25, 0.3) is 0 Å². The molecule has 2 N–H and O–H groups in total. The van der Waals surface area contributed by atoms with Gasteiger partial charge < -0.3 is 10.4 Å². The first-order chi connectivity index (χ1) is 8.08. The minimum absolute atomic E-state index is 0.394. The lowest BCUT2D eigenvalue weighted by Gasteiger charge is -2.30. The summed E-state index contributed by atoms with van der Waals surface area (Å²) in [5.74, 6) is 0.955. The summed E-state index contributed by atoms with van der Waals surface area (Å²) in [6.07, 6.45) is 8.09. The van der Waals surface area contributed by atoms with Crippen molar-refractivity contribution in [3.63, 3.8) is 0 Å². The van der Waals surface area contributed by atoms with Gasteiger partial charge in [-0.15, -0.1) is 0 Å². The molecule has 1 saturated carbocycles. The summed E-state index contributed by atoms with van der Waals surface area (Å²) in [4.78, 5) is 8.26. The highest BCUT2D eigenvalue weighted by Gasteiger charge is 2.33. The largest absolute Gasteiger partial charge is 0.388 e. The molecule has 2 rings (SSSR count). The SMILES string of the molecule is C[C@@](O)(CNc1ncc(Br)cn1)C1CCCC1.